The molecule has 0 saturated heterocycles. The van der Waals surface area contributed by atoms with Gasteiger partial charge in [-0.3, -0.25) is 4.79 Å². The number of hydrogen-bond acceptors (Lipinski definition) is 6. The average Bonchev–Trinajstić information content (AvgIpc) is 3.20. The molecule has 1 aromatic heterocycles. The minimum Gasteiger partial charge on any atom is -0.497 e. The molecule has 0 bridgehead atoms. The molecule has 0 aliphatic rings. The largest absolute Gasteiger partial charge is 0.497 e. The smallest absolute Gasteiger partial charge is 0.322 e. The van der Waals surface area contributed by atoms with E-state index in [1.54, 1.807) is 33.1 Å². The normalized spacial score (nSPS) is 12.6. The molecule has 3 aromatic carbocycles. The van der Waals surface area contributed by atoms with Crippen molar-refractivity contribution in [3.63, 3.8) is 0 Å². The highest BCUT2D eigenvalue weighted by atomic mass is 32.2. The monoisotopic (exact) mass is 522 g/mol. The molecule has 1 atom stereocenters. The maximum absolute atomic E-state index is 12.6. The van der Waals surface area contributed by atoms with Crippen LogP contribution in [0.15, 0.2) is 76.0 Å². The first-order valence-corrected chi connectivity index (χ1v) is 13.3. The predicted molar refractivity (Wildman–Crippen MR) is 143 cm³/mol. The molecule has 9 heteroatoms. The maximum atomic E-state index is 12.6. The van der Waals surface area contributed by atoms with E-state index < -0.39 is 28.0 Å². The number of methoxy groups -OCH3 is 1. The minimum atomic E-state index is -3.96. The Hall–Kier alpha value is -3.82. The SMILES string of the molecule is COc1ccc2oc(CNc3ccc(-c4ccc(S(=O)(=O)N[C@H](C(=O)O)C(C)C)cc4)cc3)c(C)c2c1. The molecule has 0 aliphatic carbocycles. The summed E-state index contributed by atoms with van der Waals surface area (Å²) in [5.74, 6) is 0.0336. The molecular formula is C28H30N2O6S. The number of anilines is 1. The molecule has 4 rings (SSSR count). The number of furan rings is 1. The van der Waals surface area contributed by atoms with Crippen molar-refractivity contribution in [2.75, 3.05) is 12.4 Å². The molecular weight excluding hydrogens is 492 g/mol. The highest BCUT2D eigenvalue weighted by Gasteiger charge is 2.28. The third kappa shape index (κ3) is 5.79. The molecule has 0 amide bonds. The number of carboxylic acid groups (broad SMARTS) is 1. The van der Waals surface area contributed by atoms with Crippen LogP contribution in [0.2, 0.25) is 0 Å². The molecule has 0 radical (unpaired) electrons. The second-order valence-corrected chi connectivity index (χ2v) is 10.9. The van der Waals surface area contributed by atoms with Crippen molar-refractivity contribution in [3.8, 4) is 16.9 Å². The van der Waals surface area contributed by atoms with E-state index in [0.29, 0.717) is 6.54 Å². The fraction of sp³-hybridized carbons (Fsp3) is 0.250. The van der Waals surface area contributed by atoms with Crippen molar-refractivity contribution in [1.82, 2.24) is 4.72 Å². The standard InChI is InChI=1S/C28H30N2O6S/c1-17(2)27(28(31)32)30-37(33,34)23-12-7-20(8-13-23)19-5-9-21(10-6-19)29-16-26-18(3)24-15-22(35-4)11-14-25(24)36-26/h5-15,17,27,29-30H,16H2,1-4H3,(H,31,32)/t27-/m0/s1. The summed E-state index contributed by atoms with van der Waals surface area (Å²) in [6, 6.07) is 18.7. The van der Waals surface area contributed by atoms with Crippen LogP contribution in [0.25, 0.3) is 22.1 Å². The lowest BCUT2D eigenvalue weighted by molar-refractivity contribution is -0.140. The van der Waals surface area contributed by atoms with Gasteiger partial charge in [0.05, 0.1) is 18.6 Å². The lowest BCUT2D eigenvalue weighted by Crippen LogP contribution is -2.44. The number of fused-ring (bicyclic) bond motifs is 1. The first-order valence-electron chi connectivity index (χ1n) is 11.8. The average molecular weight is 523 g/mol. The van der Waals surface area contributed by atoms with Crippen LogP contribution in [-0.4, -0.2) is 32.6 Å². The zero-order valence-electron chi connectivity index (χ0n) is 21.1. The van der Waals surface area contributed by atoms with Gasteiger partial charge in [-0.2, -0.15) is 4.72 Å². The number of carboxylic acids is 1. The van der Waals surface area contributed by atoms with Crippen LogP contribution in [0.5, 0.6) is 5.75 Å². The van der Waals surface area contributed by atoms with Gasteiger partial charge in [0.1, 0.15) is 23.1 Å². The van der Waals surface area contributed by atoms with Crippen LogP contribution in [0.3, 0.4) is 0 Å². The molecule has 8 nitrogen and oxygen atoms in total. The number of aliphatic carboxylic acids is 1. The van der Waals surface area contributed by atoms with Crippen molar-refractivity contribution < 1.29 is 27.5 Å². The number of sulfonamides is 1. The summed E-state index contributed by atoms with van der Waals surface area (Å²) in [7, 11) is -2.32. The van der Waals surface area contributed by atoms with E-state index in [1.165, 1.54) is 12.1 Å². The molecule has 3 N–H and O–H groups in total. The number of ether oxygens (including phenoxy) is 1. The van der Waals surface area contributed by atoms with E-state index in [4.69, 9.17) is 9.15 Å². The Balaban J connectivity index is 1.43. The number of nitrogens with one attached hydrogen (secondary N) is 2. The highest BCUT2D eigenvalue weighted by molar-refractivity contribution is 7.89. The van der Waals surface area contributed by atoms with Crippen molar-refractivity contribution in [2.45, 2.75) is 38.3 Å². The van der Waals surface area contributed by atoms with Crippen LogP contribution in [-0.2, 0) is 21.4 Å². The highest BCUT2D eigenvalue weighted by Crippen LogP contribution is 2.30. The van der Waals surface area contributed by atoms with Gasteiger partial charge >= 0.3 is 5.97 Å². The zero-order valence-corrected chi connectivity index (χ0v) is 21.9. The van der Waals surface area contributed by atoms with Gasteiger partial charge in [-0.1, -0.05) is 38.1 Å². The van der Waals surface area contributed by atoms with E-state index in [1.807, 2.05) is 49.4 Å². The zero-order chi connectivity index (χ0) is 26.7. The topological polar surface area (TPSA) is 118 Å². The van der Waals surface area contributed by atoms with Gasteiger partial charge in [0.15, 0.2) is 0 Å². The summed E-state index contributed by atoms with van der Waals surface area (Å²) in [5, 5.41) is 13.7. The fourth-order valence-electron chi connectivity index (χ4n) is 4.04. The Morgan fingerprint density at radius 2 is 1.62 bits per heavy atom. The minimum absolute atomic E-state index is 0.0141. The number of rotatable bonds is 10. The third-order valence-corrected chi connectivity index (χ3v) is 7.75. The lowest BCUT2D eigenvalue weighted by Gasteiger charge is -2.18. The number of hydrogen-bond donors (Lipinski definition) is 3. The Kier molecular flexibility index (Phi) is 7.56. The summed E-state index contributed by atoms with van der Waals surface area (Å²) in [6.07, 6.45) is 0. The van der Waals surface area contributed by atoms with Crippen LogP contribution in [0.4, 0.5) is 5.69 Å². The quantitative estimate of drug-likeness (QED) is 0.255. The molecule has 0 fully saturated rings. The Bertz CT molecular complexity index is 1510. The van der Waals surface area contributed by atoms with Gasteiger partial charge in [-0.05, 0) is 66.4 Å². The summed E-state index contributed by atoms with van der Waals surface area (Å²) in [5.41, 5.74) is 4.55. The van der Waals surface area contributed by atoms with Crippen LogP contribution < -0.4 is 14.8 Å². The van der Waals surface area contributed by atoms with E-state index in [0.717, 1.165) is 44.9 Å². The van der Waals surface area contributed by atoms with E-state index >= 15 is 0 Å². The first kappa shape index (κ1) is 26.2. The Morgan fingerprint density at radius 3 is 2.19 bits per heavy atom. The fourth-order valence-corrected chi connectivity index (χ4v) is 5.38. The Morgan fingerprint density at radius 1 is 1.00 bits per heavy atom. The van der Waals surface area contributed by atoms with Crippen LogP contribution >= 0.6 is 0 Å². The van der Waals surface area contributed by atoms with Crippen LogP contribution in [0, 0.1) is 12.8 Å². The number of benzene rings is 3. The summed E-state index contributed by atoms with van der Waals surface area (Å²) in [4.78, 5) is 11.4. The molecule has 0 unspecified atom stereocenters. The molecule has 0 saturated carbocycles. The van der Waals surface area contributed by atoms with Crippen molar-refractivity contribution in [3.05, 3.63) is 78.1 Å². The van der Waals surface area contributed by atoms with Gasteiger partial charge < -0.3 is 19.6 Å². The molecule has 0 spiro atoms. The predicted octanol–water partition coefficient (Wildman–Crippen LogP) is 5.42. The lowest BCUT2D eigenvalue weighted by atomic mass is 10.1. The molecule has 1 heterocycles. The van der Waals surface area contributed by atoms with E-state index in [9.17, 15) is 18.3 Å². The van der Waals surface area contributed by atoms with E-state index in [2.05, 4.69) is 10.0 Å². The van der Waals surface area contributed by atoms with Gasteiger partial charge in [0.2, 0.25) is 10.0 Å². The molecule has 4 aromatic rings. The maximum Gasteiger partial charge on any atom is 0.322 e. The Labute approximate surface area is 216 Å². The van der Waals surface area contributed by atoms with Crippen molar-refractivity contribution >= 4 is 32.6 Å². The summed E-state index contributed by atoms with van der Waals surface area (Å²) in [6.45, 7) is 5.85. The van der Waals surface area contributed by atoms with Gasteiger partial charge in [0, 0.05) is 16.6 Å². The van der Waals surface area contributed by atoms with Gasteiger partial charge in [-0.25, -0.2) is 8.42 Å². The second kappa shape index (κ2) is 10.7. The van der Waals surface area contributed by atoms with Crippen LogP contribution in [0.1, 0.15) is 25.2 Å². The molecule has 0 aliphatic heterocycles. The van der Waals surface area contributed by atoms with E-state index in [-0.39, 0.29) is 4.90 Å². The van der Waals surface area contributed by atoms with Crippen molar-refractivity contribution in [1.29, 1.82) is 0 Å². The number of carbonyl (C=O) groups is 1. The molecule has 37 heavy (non-hydrogen) atoms. The first-order chi connectivity index (χ1) is 17.6. The van der Waals surface area contributed by atoms with Gasteiger partial charge in [-0.15, -0.1) is 0 Å². The van der Waals surface area contributed by atoms with Gasteiger partial charge in [0.25, 0.3) is 0 Å². The third-order valence-electron chi connectivity index (χ3n) is 6.29. The summed E-state index contributed by atoms with van der Waals surface area (Å²) >= 11 is 0. The second-order valence-electron chi connectivity index (χ2n) is 9.15. The summed E-state index contributed by atoms with van der Waals surface area (Å²) < 4.78 is 38.9. The van der Waals surface area contributed by atoms with Crippen molar-refractivity contribution in [2.24, 2.45) is 5.92 Å². The molecule has 194 valence electrons. The number of aryl methyl sites for hydroxylation is 1.